The first-order valence-corrected chi connectivity index (χ1v) is 8.06. The third-order valence-corrected chi connectivity index (χ3v) is 5.33. The van der Waals surface area contributed by atoms with Gasteiger partial charge in [-0.1, -0.05) is 0 Å². The van der Waals surface area contributed by atoms with Crippen molar-refractivity contribution < 1.29 is 4.74 Å². The van der Waals surface area contributed by atoms with E-state index in [1.165, 1.54) is 38.8 Å². The maximum absolute atomic E-state index is 6.20. The summed E-state index contributed by atoms with van der Waals surface area (Å²) in [5, 5.41) is 3.92. The Morgan fingerprint density at radius 1 is 1.11 bits per heavy atom. The van der Waals surface area contributed by atoms with Crippen LogP contribution in [0.3, 0.4) is 0 Å². The first-order valence-electron chi connectivity index (χ1n) is 8.06. The molecule has 0 aromatic carbocycles. The summed E-state index contributed by atoms with van der Waals surface area (Å²) in [5.41, 5.74) is -0.00840. The van der Waals surface area contributed by atoms with Crippen molar-refractivity contribution >= 4 is 0 Å². The van der Waals surface area contributed by atoms with E-state index in [0.29, 0.717) is 12.1 Å². The van der Waals surface area contributed by atoms with Crippen LogP contribution in [0.4, 0.5) is 0 Å². The lowest BCUT2D eigenvalue weighted by Gasteiger charge is -2.38. The molecule has 3 heterocycles. The third kappa shape index (κ3) is 2.84. The minimum Gasteiger partial charge on any atom is -0.368 e. The summed E-state index contributed by atoms with van der Waals surface area (Å²) in [6, 6.07) is 2.05. The van der Waals surface area contributed by atoms with Gasteiger partial charge in [-0.25, -0.2) is 0 Å². The molecule has 3 heteroatoms. The highest BCUT2D eigenvalue weighted by Crippen LogP contribution is 2.38. The quantitative estimate of drug-likeness (QED) is 0.831. The lowest BCUT2D eigenvalue weighted by Crippen LogP contribution is -2.52. The van der Waals surface area contributed by atoms with Gasteiger partial charge in [-0.15, -0.1) is 0 Å². The second-order valence-electron chi connectivity index (χ2n) is 7.94. The van der Waals surface area contributed by atoms with Gasteiger partial charge in [0.25, 0.3) is 0 Å². The van der Waals surface area contributed by atoms with Crippen LogP contribution in [0.2, 0.25) is 0 Å². The molecule has 0 aromatic rings. The van der Waals surface area contributed by atoms with Crippen molar-refractivity contribution in [1.82, 2.24) is 10.2 Å². The van der Waals surface area contributed by atoms with Gasteiger partial charge in [0.05, 0.1) is 11.2 Å². The molecule has 0 saturated carbocycles. The predicted octanol–water partition coefficient (Wildman–Crippen LogP) is 2.55. The van der Waals surface area contributed by atoms with Crippen molar-refractivity contribution in [3.05, 3.63) is 0 Å². The van der Waals surface area contributed by atoms with E-state index in [-0.39, 0.29) is 11.2 Å². The van der Waals surface area contributed by atoms with E-state index >= 15 is 0 Å². The normalized spacial score (nSPS) is 41.4. The highest BCUT2D eigenvalue weighted by Gasteiger charge is 2.46. The Bertz CT molecular complexity index is 340. The number of fused-ring (bicyclic) bond motifs is 1. The van der Waals surface area contributed by atoms with Crippen LogP contribution in [-0.2, 0) is 4.74 Å². The largest absolute Gasteiger partial charge is 0.368 e. The molecule has 0 aliphatic carbocycles. The molecule has 3 aliphatic rings. The molecular formula is C16H30N2O. The number of hydrogen-bond donors (Lipinski definition) is 1. The van der Waals surface area contributed by atoms with Crippen LogP contribution >= 0.6 is 0 Å². The molecule has 0 aromatic heterocycles. The van der Waals surface area contributed by atoms with E-state index in [0.717, 1.165) is 12.5 Å². The van der Waals surface area contributed by atoms with E-state index in [4.69, 9.17) is 4.74 Å². The van der Waals surface area contributed by atoms with Crippen LogP contribution in [0.5, 0.6) is 0 Å². The second-order valence-corrected chi connectivity index (χ2v) is 7.94. The summed E-state index contributed by atoms with van der Waals surface area (Å²) in [6.45, 7) is 11.5. The van der Waals surface area contributed by atoms with Gasteiger partial charge in [0, 0.05) is 18.1 Å². The fraction of sp³-hybridized carbons (Fsp3) is 1.00. The number of hydrogen-bond acceptors (Lipinski definition) is 3. The fourth-order valence-corrected chi connectivity index (χ4v) is 4.48. The first kappa shape index (κ1) is 13.8. The molecule has 0 spiro atoms. The Balaban J connectivity index is 1.59. The first-order chi connectivity index (χ1) is 8.86. The standard InChI is InChI=1S/C16H30N2O/c1-15(2)11-14(16(3,4)19-15)17-12-7-9-18-8-5-6-13(18)10-12/h12-14,17H,5-11H2,1-4H3. The Labute approximate surface area is 118 Å². The second kappa shape index (κ2) is 4.71. The maximum Gasteiger partial charge on any atom is 0.0787 e. The molecule has 0 radical (unpaired) electrons. The van der Waals surface area contributed by atoms with Crippen molar-refractivity contribution in [3.63, 3.8) is 0 Å². The topological polar surface area (TPSA) is 24.5 Å². The molecule has 19 heavy (non-hydrogen) atoms. The molecule has 3 nitrogen and oxygen atoms in total. The SMILES string of the molecule is CC1(C)CC(NC2CCN3CCCC3C2)C(C)(C)O1. The summed E-state index contributed by atoms with van der Waals surface area (Å²) in [7, 11) is 0. The molecule has 3 fully saturated rings. The smallest absolute Gasteiger partial charge is 0.0787 e. The number of nitrogens with one attached hydrogen (secondary N) is 1. The van der Waals surface area contributed by atoms with Crippen molar-refractivity contribution in [1.29, 1.82) is 0 Å². The maximum atomic E-state index is 6.20. The molecule has 3 atom stereocenters. The van der Waals surface area contributed by atoms with Gasteiger partial charge >= 0.3 is 0 Å². The number of ether oxygens (including phenoxy) is 1. The molecule has 110 valence electrons. The zero-order valence-electron chi connectivity index (χ0n) is 13.0. The van der Waals surface area contributed by atoms with Gasteiger partial charge in [-0.2, -0.15) is 0 Å². The highest BCUT2D eigenvalue weighted by atomic mass is 16.5. The average Bonchev–Trinajstić information content (AvgIpc) is 2.80. The van der Waals surface area contributed by atoms with Crippen molar-refractivity contribution in [3.8, 4) is 0 Å². The van der Waals surface area contributed by atoms with Crippen LogP contribution in [0.15, 0.2) is 0 Å². The van der Waals surface area contributed by atoms with Gasteiger partial charge in [-0.3, -0.25) is 0 Å². The van der Waals surface area contributed by atoms with Gasteiger partial charge in [0.2, 0.25) is 0 Å². The Kier molecular flexibility index (Phi) is 3.43. The number of nitrogens with zero attached hydrogens (tertiary/aromatic N) is 1. The molecule has 0 amide bonds. The van der Waals surface area contributed by atoms with Crippen LogP contribution in [0, 0.1) is 0 Å². The van der Waals surface area contributed by atoms with Crippen LogP contribution in [0.1, 0.15) is 59.8 Å². The van der Waals surface area contributed by atoms with Crippen molar-refractivity contribution in [2.24, 2.45) is 0 Å². The Hall–Kier alpha value is -0.120. The van der Waals surface area contributed by atoms with Crippen LogP contribution in [0.25, 0.3) is 0 Å². The van der Waals surface area contributed by atoms with Crippen molar-refractivity contribution in [2.45, 2.75) is 89.1 Å². The molecule has 3 unspecified atom stereocenters. The van der Waals surface area contributed by atoms with E-state index < -0.39 is 0 Å². The van der Waals surface area contributed by atoms with Gasteiger partial charge in [0.1, 0.15) is 0 Å². The predicted molar refractivity (Wildman–Crippen MR) is 78.4 cm³/mol. The Morgan fingerprint density at radius 2 is 1.89 bits per heavy atom. The fourth-order valence-electron chi connectivity index (χ4n) is 4.48. The number of rotatable bonds is 2. The molecule has 3 saturated heterocycles. The minimum absolute atomic E-state index is 0.0230. The van der Waals surface area contributed by atoms with Gasteiger partial charge in [-0.05, 0) is 72.9 Å². The Morgan fingerprint density at radius 3 is 2.58 bits per heavy atom. The molecule has 1 N–H and O–H groups in total. The summed E-state index contributed by atoms with van der Waals surface area (Å²) in [5.74, 6) is 0. The molecule has 3 aliphatic heterocycles. The lowest BCUT2D eigenvalue weighted by atomic mass is 9.91. The van der Waals surface area contributed by atoms with E-state index in [1.54, 1.807) is 0 Å². The zero-order chi connectivity index (χ0) is 13.7. The van der Waals surface area contributed by atoms with Gasteiger partial charge in [0.15, 0.2) is 0 Å². The minimum atomic E-state index is -0.0314. The summed E-state index contributed by atoms with van der Waals surface area (Å²) in [6.07, 6.45) is 6.60. The molecular weight excluding hydrogens is 236 g/mol. The summed E-state index contributed by atoms with van der Waals surface area (Å²) < 4.78 is 6.20. The molecule has 3 rings (SSSR count). The van der Waals surface area contributed by atoms with Crippen molar-refractivity contribution in [2.75, 3.05) is 13.1 Å². The lowest BCUT2D eigenvalue weighted by molar-refractivity contribution is -0.0709. The molecule has 0 bridgehead atoms. The summed E-state index contributed by atoms with van der Waals surface area (Å²) in [4.78, 5) is 2.69. The summed E-state index contributed by atoms with van der Waals surface area (Å²) >= 11 is 0. The van der Waals surface area contributed by atoms with Gasteiger partial charge < -0.3 is 15.0 Å². The monoisotopic (exact) mass is 266 g/mol. The van der Waals surface area contributed by atoms with Crippen LogP contribution in [-0.4, -0.2) is 47.3 Å². The van der Waals surface area contributed by atoms with E-state index in [9.17, 15) is 0 Å². The van der Waals surface area contributed by atoms with E-state index in [2.05, 4.69) is 37.9 Å². The van der Waals surface area contributed by atoms with Crippen LogP contribution < -0.4 is 5.32 Å². The zero-order valence-corrected chi connectivity index (χ0v) is 13.0. The average molecular weight is 266 g/mol. The third-order valence-electron chi connectivity index (χ3n) is 5.33. The number of piperidine rings is 1. The van der Waals surface area contributed by atoms with E-state index in [1.807, 2.05) is 0 Å². The highest BCUT2D eigenvalue weighted by molar-refractivity contribution is 5.01.